The van der Waals surface area contributed by atoms with E-state index in [1.165, 1.54) is 17.7 Å². The molecule has 1 amide bonds. The number of nitrogens with zero attached hydrogens (tertiary/aromatic N) is 3. The van der Waals surface area contributed by atoms with E-state index in [1.807, 2.05) is 18.2 Å². The summed E-state index contributed by atoms with van der Waals surface area (Å²) >= 11 is 6.27. The fraction of sp³-hybridized carbons (Fsp3) is 0.259. The molecule has 3 aromatic rings. The van der Waals surface area contributed by atoms with Crippen LogP contribution in [0.4, 0.5) is 5.69 Å². The van der Waals surface area contributed by atoms with Crippen molar-refractivity contribution in [1.82, 2.24) is 10.3 Å². The Labute approximate surface area is 217 Å². The Kier molecular flexibility index (Phi) is 8.40. The number of piperidine rings is 1. The quantitative estimate of drug-likeness (QED) is 0.436. The average molecular weight is 525 g/mol. The van der Waals surface area contributed by atoms with Crippen LogP contribution in [0.15, 0.2) is 88.9 Å². The number of carbonyl (C=O) groups is 1. The monoisotopic (exact) mass is 524 g/mol. The van der Waals surface area contributed by atoms with Crippen molar-refractivity contribution in [3.05, 3.63) is 95.0 Å². The summed E-state index contributed by atoms with van der Waals surface area (Å²) in [6.45, 7) is 3.88. The molecule has 0 unspecified atom stereocenters. The Hall–Kier alpha value is -3.20. The van der Waals surface area contributed by atoms with Gasteiger partial charge >= 0.3 is 0 Å². The number of anilines is 1. The maximum absolute atomic E-state index is 13.5. The molecular weight excluding hydrogens is 496 g/mol. The van der Waals surface area contributed by atoms with E-state index in [0.717, 1.165) is 42.5 Å². The Balaban J connectivity index is 1.44. The van der Waals surface area contributed by atoms with Crippen LogP contribution < -0.4 is 9.73 Å². The number of hydrazone groups is 1. The molecule has 0 aliphatic carbocycles. The lowest BCUT2D eigenvalue weighted by Gasteiger charge is -2.28. The van der Waals surface area contributed by atoms with Crippen molar-refractivity contribution in [2.75, 3.05) is 23.9 Å². The van der Waals surface area contributed by atoms with Crippen LogP contribution in [0, 0.1) is 6.92 Å². The second kappa shape index (κ2) is 11.7. The van der Waals surface area contributed by atoms with E-state index in [2.05, 4.69) is 27.6 Å². The first-order chi connectivity index (χ1) is 17.3. The lowest BCUT2D eigenvalue weighted by atomic mass is 10.1. The Morgan fingerprint density at radius 3 is 2.28 bits per heavy atom. The van der Waals surface area contributed by atoms with Crippen molar-refractivity contribution in [2.24, 2.45) is 5.10 Å². The summed E-state index contributed by atoms with van der Waals surface area (Å²) in [4.78, 5) is 15.3. The molecule has 1 saturated heterocycles. The molecule has 36 heavy (non-hydrogen) atoms. The van der Waals surface area contributed by atoms with Gasteiger partial charge in [0.25, 0.3) is 15.9 Å². The number of sulfonamides is 1. The number of carbonyl (C=O) groups excluding carboxylic acids is 1. The molecular formula is C27H29ClN4O3S. The van der Waals surface area contributed by atoms with Gasteiger partial charge in [-0.25, -0.2) is 13.8 Å². The summed E-state index contributed by atoms with van der Waals surface area (Å²) in [7, 11) is -4.01. The van der Waals surface area contributed by atoms with Gasteiger partial charge in [0.1, 0.15) is 6.54 Å². The van der Waals surface area contributed by atoms with Crippen molar-refractivity contribution in [3.8, 4) is 0 Å². The van der Waals surface area contributed by atoms with Gasteiger partial charge in [-0.05, 0) is 42.3 Å². The van der Waals surface area contributed by atoms with Gasteiger partial charge in [0.05, 0.1) is 10.6 Å². The lowest BCUT2D eigenvalue weighted by molar-refractivity contribution is -0.119. The van der Waals surface area contributed by atoms with Crippen LogP contribution >= 0.6 is 11.6 Å². The zero-order chi connectivity index (χ0) is 25.5. The predicted molar refractivity (Wildman–Crippen MR) is 144 cm³/mol. The summed E-state index contributed by atoms with van der Waals surface area (Å²) in [5.41, 5.74) is 5.65. The van der Waals surface area contributed by atoms with Gasteiger partial charge in [0.15, 0.2) is 0 Å². The highest BCUT2D eigenvalue weighted by Gasteiger charge is 2.28. The Morgan fingerprint density at radius 1 is 0.972 bits per heavy atom. The molecule has 0 saturated carbocycles. The summed E-state index contributed by atoms with van der Waals surface area (Å²) in [5, 5.41) is 4.73. The standard InChI is InChI=1S/C27H29ClN4O3S/c1-21-25(28)13-8-14-26(21)32(36(34,35)24-11-6-3-7-12-24)20-27(33)30-29-23-15-17-31(18-16-23)19-22-9-4-2-5-10-22/h2-14H,15-20H2,1H3,(H,30,33). The number of likely N-dealkylation sites (tertiary alicyclic amines) is 1. The molecule has 1 aliphatic rings. The third-order valence-electron chi connectivity index (χ3n) is 6.15. The van der Waals surface area contributed by atoms with E-state index >= 15 is 0 Å². The van der Waals surface area contributed by atoms with E-state index in [0.29, 0.717) is 16.3 Å². The van der Waals surface area contributed by atoms with Gasteiger partial charge in [-0.1, -0.05) is 66.2 Å². The van der Waals surface area contributed by atoms with Gasteiger partial charge in [-0.2, -0.15) is 5.10 Å². The van der Waals surface area contributed by atoms with E-state index < -0.39 is 22.5 Å². The van der Waals surface area contributed by atoms with Gasteiger partial charge in [-0.3, -0.25) is 14.0 Å². The Morgan fingerprint density at radius 2 is 1.61 bits per heavy atom. The summed E-state index contributed by atoms with van der Waals surface area (Å²) in [5.74, 6) is -0.520. The molecule has 4 rings (SSSR count). The smallest absolute Gasteiger partial charge is 0.264 e. The summed E-state index contributed by atoms with van der Waals surface area (Å²) in [6, 6.07) is 23.3. The molecule has 3 aromatic carbocycles. The first kappa shape index (κ1) is 25.9. The minimum absolute atomic E-state index is 0.0919. The third-order valence-corrected chi connectivity index (χ3v) is 8.33. The van der Waals surface area contributed by atoms with E-state index in [4.69, 9.17) is 11.6 Å². The van der Waals surface area contributed by atoms with Crippen LogP contribution in [-0.2, 0) is 21.4 Å². The second-order valence-corrected chi connectivity index (χ2v) is 11.0. The van der Waals surface area contributed by atoms with Crippen molar-refractivity contribution >= 4 is 38.9 Å². The minimum Gasteiger partial charge on any atom is -0.298 e. The van der Waals surface area contributed by atoms with Gasteiger partial charge in [0, 0.05) is 43.2 Å². The maximum atomic E-state index is 13.5. The van der Waals surface area contributed by atoms with Crippen LogP contribution in [0.25, 0.3) is 0 Å². The molecule has 188 valence electrons. The van der Waals surface area contributed by atoms with Crippen LogP contribution in [0.3, 0.4) is 0 Å². The van der Waals surface area contributed by atoms with Crippen molar-refractivity contribution < 1.29 is 13.2 Å². The molecule has 0 aromatic heterocycles. The van der Waals surface area contributed by atoms with Crippen LogP contribution in [0.1, 0.15) is 24.0 Å². The highest BCUT2D eigenvalue weighted by Crippen LogP contribution is 2.30. The van der Waals surface area contributed by atoms with Gasteiger partial charge in [-0.15, -0.1) is 0 Å². The van der Waals surface area contributed by atoms with Gasteiger partial charge < -0.3 is 0 Å². The fourth-order valence-electron chi connectivity index (χ4n) is 4.12. The summed E-state index contributed by atoms with van der Waals surface area (Å²) < 4.78 is 28.1. The van der Waals surface area contributed by atoms with Crippen molar-refractivity contribution in [1.29, 1.82) is 0 Å². The zero-order valence-corrected chi connectivity index (χ0v) is 21.7. The maximum Gasteiger partial charge on any atom is 0.264 e. The predicted octanol–water partition coefficient (Wildman–Crippen LogP) is 4.61. The molecule has 9 heteroatoms. The SMILES string of the molecule is Cc1c(Cl)cccc1N(CC(=O)NN=C1CCN(Cc2ccccc2)CC1)S(=O)(=O)c1ccccc1. The highest BCUT2D eigenvalue weighted by molar-refractivity contribution is 7.92. The normalized spacial score (nSPS) is 14.3. The number of nitrogens with one attached hydrogen (secondary N) is 1. The van der Waals surface area contributed by atoms with E-state index in [-0.39, 0.29) is 4.90 Å². The van der Waals surface area contributed by atoms with Crippen LogP contribution in [0.2, 0.25) is 5.02 Å². The molecule has 1 aliphatic heterocycles. The van der Waals surface area contributed by atoms with E-state index in [9.17, 15) is 13.2 Å². The number of halogens is 1. The van der Waals surface area contributed by atoms with Crippen molar-refractivity contribution in [3.63, 3.8) is 0 Å². The molecule has 0 spiro atoms. The Bertz CT molecular complexity index is 1320. The molecule has 1 N–H and O–H groups in total. The zero-order valence-electron chi connectivity index (χ0n) is 20.1. The second-order valence-electron chi connectivity index (χ2n) is 8.68. The van der Waals surface area contributed by atoms with Crippen LogP contribution in [0.5, 0.6) is 0 Å². The lowest BCUT2D eigenvalue weighted by Crippen LogP contribution is -2.40. The first-order valence-corrected chi connectivity index (χ1v) is 13.6. The fourth-order valence-corrected chi connectivity index (χ4v) is 5.78. The van der Waals surface area contributed by atoms with E-state index in [1.54, 1.807) is 43.3 Å². The third kappa shape index (κ3) is 6.32. The number of amides is 1. The molecule has 7 nitrogen and oxygen atoms in total. The van der Waals surface area contributed by atoms with Crippen molar-refractivity contribution in [2.45, 2.75) is 31.2 Å². The number of hydrogen-bond donors (Lipinski definition) is 1. The number of benzene rings is 3. The topological polar surface area (TPSA) is 82.1 Å². The average Bonchev–Trinajstić information content (AvgIpc) is 2.90. The molecule has 1 heterocycles. The molecule has 0 bridgehead atoms. The van der Waals surface area contributed by atoms with Crippen LogP contribution in [-0.4, -0.2) is 44.6 Å². The molecule has 0 radical (unpaired) electrons. The van der Waals surface area contributed by atoms with Gasteiger partial charge in [0.2, 0.25) is 0 Å². The summed E-state index contributed by atoms with van der Waals surface area (Å²) in [6.07, 6.45) is 1.49. The number of hydrogen-bond acceptors (Lipinski definition) is 5. The molecule has 0 atom stereocenters. The largest absolute Gasteiger partial charge is 0.298 e. The first-order valence-electron chi connectivity index (χ1n) is 11.8. The minimum atomic E-state index is -4.01. The highest BCUT2D eigenvalue weighted by atomic mass is 35.5. The number of rotatable bonds is 8. The molecule has 1 fully saturated rings.